The molecule has 1 saturated heterocycles. The van der Waals surface area contributed by atoms with Gasteiger partial charge in [-0.1, -0.05) is 11.6 Å². The molecule has 1 atom stereocenters. The van der Waals surface area contributed by atoms with Crippen molar-refractivity contribution in [3.8, 4) is 0 Å². The Kier molecular flexibility index (Phi) is 4.30. The fourth-order valence-electron chi connectivity index (χ4n) is 4.31. The van der Waals surface area contributed by atoms with E-state index < -0.39 is 10.0 Å². The summed E-state index contributed by atoms with van der Waals surface area (Å²) in [5.41, 5.74) is 4.89. The molecule has 0 aliphatic carbocycles. The first-order valence-electron chi connectivity index (χ1n) is 9.49. The van der Waals surface area contributed by atoms with E-state index in [1.165, 1.54) is 10.6 Å². The summed E-state index contributed by atoms with van der Waals surface area (Å²) in [5.74, 6) is 0.102. The quantitative estimate of drug-likeness (QED) is 0.638. The Morgan fingerprint density at radius 1 is 1.28 bits per heavy atom. The van der Waals surface area contributed by atoms with Gasteiger partial charge >= 0.3 is 0 Å². The van der Waals surface area contributed by atoms with Gasteiger partial charge in [-0.3, -0.25) is 0 Å². The summed E-state index contributed by atoms with van der Waals surface area (Å²) in [6.45, 7) is 3.77. The molecule has 0 amide bonds. The molecule has 29 heavy (non-hydrogen) atoms. The maximum absolute atomic E-state index is 11.8. The van der Waals surface area contributed by atoms with E-state index >= 15 is 0 Å². The van der Waals surface area contributed by atoms with Crippen LogP contribution in [0.2, 0.25) is 5.15 Å². The van der Waals surface area contributed by atoms with E-state index in [4.69, 9.17) is 11.6 Å². The average Bonchev–Trinajstić information content (AvgIpc) is 3.06. The number of rotatable bonds is 3. The summed E-state index contributed by atoms with van der Waals surface area (Å²) >= 11 is 6.28. The fraction of sp³-hybridized carbons (Fsp3) is 0.421. The normalized spacial score (nSPS) is 20.7. The predicted molar refractivity (Wildman–Crippen MR) is 112 cm³/mol. The van der Waals surface area contributed by atoms with Crippen LogP contribution in [0.15, 0.2) is 24.7 Å². The topological polar surface area (TPSA) is 95.1 Å². The van der Waals surface area contributed by atoms with Gasteiger partial charge in [-0.2, -0.15) is 0 Å². The van der Waals surface area contributed by atoms with Crippen molar-refractivity contribution in [3.63, 3.8) is 0 Å². The maximum atomic E-state index is 11.8. The summed E-state index contributed by atoms with van der Waals surface area (Å²) in [7, 11) is -3.16. The first kappa shape index (κ1) is 18.8. The van der Waals surface area contributed by atoms with Crippen LogP contribution in [-0.2, 0) is 23.0 Å². The highest BCUT2D eigenvalue weighted by molar-refractivity contribution is 7.88. The van der Waals surface area contributed by atoms with Gasteiger partial charge in [0.15, 0.2) is 0 Å². The van der Waals surface area contributed by atoms with Gasteiger partial charge in [0.2, 0.25) is 10.0 Å². The summed E-state index contributed by atoms with van der Waals surface area (Å²) in [6, 6.07) is 4.14. The molecule has 1 fully saturated rings. The number of aromatic nitrogens is 4. The average molecular weight is 433 g/mol. The van der Waals surface area contributed by atoms with E-state index in [1.54, 1.807) is 6.33 Å². The van der Waals surface area contributed by atoms with Crippen molar-refractivity contribution in [1.29, 1.82) is 0 Å². The molecule has 2 aliphatic heterocycles. The van der Waals surface area contributed by atoms with Crippen molar-refractivity contribution < 1.29 is 8.42 Å². The van der Waals surface area contributed by atoms with E-state index in [0.29, 0.717) is 24.8 Å². The largest absolute Gasteiger partial charge is 0.363 e. The van der Waals surface area contributed by atoms with Gasteiger partial charge in [0.05, 0.1) is 23.3 Å². The van der Waals surface area contributed by atoms with Crippen molar-refractivity contribution in [1.82, 2.24) is 24.2 Å². The minimum atomic E-state index is -3.16. The minimum Gasteiger partial charge on any atom is -0.363 e. The molecule has 1 N–H and O–H groups in total. The van der Waals surface area contributed by atoms with Crippen LogP contribution in [0.5, 0.6) is 0 Å². The Morgan fingerprint density at radius 3 is 2.83 bits per heavy atom. The van der Waals surface area contributed by atoms with E-state index in [-0.39, 0.29) is 12.0 Å². The number of fused-ring (bicyclic) bond motifs is 2. The highest BCUT2D eigenvalue weighted by atomic mass is 35.5. The molecule has 152 valence electrons. The van der Waals surface area contributed by atoms with Crippen LogP contribution < -0.4 is 4.90 Å². The molecular weight excluding hydrogens is 412 g/mol. The van der Waals surface area contributed by atoms with Gasteiger partial charge < -0.3 is 9.88 Å². The second kappa shape index (κ2) is 6.65. The predicted octanol–water partition coefficient (Wildman–Crippen LogP) is 2.32. The van der Waals surface area contributed by atoms with Crippen LogP contribution in [0, 0.1) is 0 Å². The van der Waals surface area contributed by atoms with Crippen molar-refractivity contribution in [3.05, 3.63) is 46.8 Å². The Labute approximate surface area is 174 Å². The third-order valence-electron chi connectivity index (χ3n) is 5.91. The molecule has 5 rings (SSSR count). The lowest BCUT2D eigenvalue weighted by atomic mass is 9.89. The first-order chi connectivity index (χ1) is 13.8. The van der Waals surface area contributed by atoms with Gasteiger partial charge in [-0.25, -0.2) is 27.7 Å². The van der Waals surface area contributed by atoms with Crippen LogP contribution in [0.4, 0.5) is 5.69 Å². The number of sulfonamides is 1. The standard InChI is InChI=1S/C19H21ClN6O2S/c1-11-5-15-14(18(23-10-22-15)12-7-25(8-12)29(2,27)28)9-26(11)16-6-17(20)24-19-13(16)3-4-21-19/h3-4,6,10-12H,5,7-9H2,1-2H3,(H,21,24)/t11-/m1/s1. The van der Waals surface area contributed by atoms with Gasteiger partial charge in [-0.05, 0) is 19.1 Å². The smallest absolute Gasteiger partial charge is 0.211 e. The lowest BCUT2D eigenvalue weighted by Crippen LogP contribution is -2.49. The highest BCUT2D eigenvalue weighted by Crippen LogP contribution is 2.37. The molecule has 10 heteroatoms. The molecule has 8 nitrogen and oxygen atoms in total. The molecule has 0 radical (unpaired) electrons. The SMILES string of the molecule is C[C@@H]1Cc2ncnc(C3CN(S(C)(=O)=O)C3)c2CN1c1cc(Cl)nc2[nH]ccc12. The van der Waals surface area contributed by atoms with Crippen molar-refractivity contribution in [2.24, 2.45) is 0 Å². The van der Waals surface area contributed by atoms with Gasteiger partial charge in [-0.15, -0.1) is 0 Å². The van der Waals surface area contributed by atoms with Gasteiger partial charge in [0.25, 0.3) is 0 Å². The number of nitrogens with one attached hydrogen (secondary N) is 1. The van der Waals surface area contributed by atoms with Crippen molar-refractivity contribution in [2.45, 2.75) is 31.8 Å². The highest BCUT2D eigenvalue weighted by Gasteiger charge is 2.38. The fourth-order valence-corrected chi connectivity index (χ4v) is 5.40. The number of hydrogen-bond acceptors (Lipinski definition) is 6. The maximum Gasteiger partial charge on any atom is 0.211 e. The lowest BCUT2D eigenvalue weighted by Gasteiger charge is -2.41. The second-order valence-electron chi connectivity index (χ2n) is 7.85. The Bertz CT molecular complexity index is 1200. The monoisotopic (exact) mass is 432 g/mol. The third-order valence-corrected chi connectivity index (χ3v) is 7.34. The van der Waals surface area contributed by atoms with Gasteiger partial charge in [0, 0.05) is 55.2 Å². The summed E-state index contributed by atoms with van der Waals surface area (Å²) < 4.78 is 25.0. The van der Waals surface area contributed by atoms with Crippen LogP contribution in [-0.4, -0.2) is 58.0 Å². The number of nitrogens with zero attached hydrogens (tertiary/aromatic N) is 5. The van der Waals surface area contributed by atoms with E-state index in [0.717, 1.165) is 40.1 Å². The third kappa shape index (κ3) is 3.17. The minimum absolute atomic E-state index is 0.102. The van der Waals surface area contributed by atoms with E-state index in [9.17, 15) is 8.42 Å². The molecule has 3 aromatic heterocycles. The van der Waals surface area contributed by atoms with Crippen molar-refractivity contribution in [2.75, 3.05) is 24.2 Å². The lowest BCUT2D eigenvalue weighted by molar-refractivity contribution is 0.260. The van der Waals surface area contributed by atoms with Crippen molar-refractivity contribution >= 4 is 38.3 Å². The number of hydrogen-bond donors (Lipinski definition) is 1. The van der Waals surface area contributed by atoms with E-state index in [2.05, 4.69) is 31.8 Å². The molecule has 0 saturated carbocycles. The molecule has 2 aliphatic rings. The first-order valence-corrected chi connectivity index (χ1v) is 11.7. The summed E-state index contributed by atoms with van der Waals surface area (Å²) in [5, 5.41) is 1.47. The molecule has 0 aromatic carbocycles. The van der Waals surface area contributed by atoms with Gasteiger partial charge in [0.1, 0.15) is 17.1 Å². The van der Waals surface area contributed by atoms with Crippen LogP contribution in [0.1, 0.15) is 29.8 Å². The molecule has 3 aromatic rings. The molecule has 0 spiro atoms. The zero-order valence-electron chi connectivity index (χ0n) is 16.1. The zero-order valence-corrected chi connectivity index (χ0v) is 17.7. The van der Waals surface area contributed by atoms with Crippen LogP contribution in [0.3, 0.4) is 0 Å². The molecule has 0 unspecified atom stereocenters. The number of H-pyrrole nitrogens is 1. The van der Waals surface area contributed by atoms with E-state index in [1.807, 2.05) is 18.3 Å². The number of pyridine rings is 1. The Morgan fingerprint density at radius 2 is 2.07 bits per heavy atom. The summed E-state index contributed by atoms with van der Waals surface area (Å²) in [6.07, 6.45) is 5.51. The second-order valence-corrected chi connectivity index (χ2v) is 10.2. The number of aromatic amines is 1. The number of anilines is 1. The zero-order chi connectivity index (χ0) is 20.3. The Hall–Kier alpha value is -2.23. The molecule has 5 heterocycles. The van der Waals surface area contributed by atoms with Crippen LogP contribution in [0.25, 0.3) is 11.0 Å². The van der Waals surface area contributed by atoms with Crippen LogP contribution >= 0.6 is 11.6 Å². The molecule has 0 bridgehead atoms. The number of halogens is 1. The summed E-state index contributed by atoms with van der Waals surface area (Å²) in [4.78, 5) is 18.9. The Balaban J connectivity index is 1.52. The molecular formula is C19H21ClN6O2S.